The van der Waals surface area contributed by atoms with Crippen LogP contribution in [0.15, 0.2) is 0 Å². The topological polar surface area (TPSA) is 15.3 Å². The molecule has 2 unspecified atom stereocenters. The maximum absolute atomic E-state index is 3.71. The van der Waals surface area contributed by atoms with Gasteiger partial charge in [0, 0.05) is 18.6 Å². The molecule has 0 aromatic heterocycles. The fourth-order valence-electron chi connectivity index (χ4n) is 2.35. The van der Waals surface area contributed by atoms with Gasteiger partial charge in [-0.05, 0) is 38.8 Å². The highest BCUT2D eigenvalue weighted by Gasteiger charge is 2.25. The van der Waals surface area contributed by atoms with Crippen LogP contribution in [0.25, 0.3) is 0 Å². The summed E-state index contributed by atoms with van der Waals surface area (Å²) < 4.78 is 0. The van der Waals surface area contributed by atoms with Crippen molar-refractivity contribution in [3.63, 3.8) is 0 Å². The summed E-state index contributed by atoms with van der Waals surface area (Å²) >= 11 is 0. The van der Waals surface area contributed by atoms with Crippen molar-refractivity contribution in [3.05, 3.63) is 0 Å². The first-order valence-electron chi connectivity index (χ1n) is 7.12. The lowest BCUT2D eigenvalue weighted by Gasteiger charge is -2.38. The Morgan fingerprint density at radius 2 is 2.00 bits per heavy atom. The van der Waals surface area contributed by atoms with E-state index in [0.29, 0.717) is 6.04 Å². The van der Waals surface area contributed by atoms with Crippen molar-refractivity contribution >= 4 is 0 Å². The molecular formula is C14H30N2. The lowest BCUT2D eigenvalue weighted by Crippen LogP contribution is -2.48. The van der Waals surface area contributed by atoms with E-state index < -0.39 is 0 Å². The fraction of sp³-hybridized carbons (Fsp3) is 1.00. The maximum atomic E-state index is 3.71. The van der Waals surface area contributed by atoms with Crippen LogP contribution in [-0.2, 0) is 0 Å². The smallest absolute Gasteiger partial charge is 0.0220 e. The van der Waals surface area contributed by atoms with Gasteiger partial charge in [-0.25, -0.2) is 0 Å². The predicted octanol–water partition coefficient (Wildman–Crippen LogP) is 2.89. The van der Waals surface area contributed by atoms with Crippen molar-refractivity contribution in [1.82, 2.24) is 10.2 Å². The molecule has 1 fully saturated rings. The van der Waals surface area contributed by atoms with E-state index in [1.54, 1.807) is 0 Å². The van der Waals surface area contributed by atoms with Gasteiger partial charge in [0.05, 0.1) is 0 Å². The van der Waals surface area contributed by atoms with Gasteiger partial charge in [-0.2, -0.15) is 0 Å². The van der Waals surface area contributed by atoms with Gasteiger partial charge in [0.1, 0.15) is 0 Å². The van der Waals surface area contributed by atoms with Crippen molar-refractivity contribution in [3.8, 4) is 0 Å². The van der Waals surface area contributed by atoms with Gasteiger partial charge in [-0.15, -0.1) is 0 Å². The van der Waals surface area contributed by atoms with E-state index in [-0.39, 0.29) is 0 Å². The first-order chi connectivity index (χ1) is 7.69. The number of nitrogens with zero attached hydrogens (tertiary/aromatic N) is 1. The Kier molecular flexibility index (Phi) is 6.37. The molecule has 0 radical (unpaired) electrons. The van der Waals surface area contributed by atoms with Gasteiger partial charge in [0.15, 0.2) is 0 Å². The molecule has 1 aliphatic carbocycles. The van der Waals surface area contributed by atoms with Crippen LogP contribution in [0.2, 0.25) is 0 Å². The van der Waals surface area contributed by atoms with Crippen LogP contribution < -0.4 is 5.32 Å². The van der Waals surface area contributed by atoms with E-state index in [2.05, 4.69) is 38.0 Å². The fourth-order valence-corrected chi connectivity index (χ4v) is 2.35. The van der Waals surface area contributed by atoms with E-state index in [0.717, 1.165) is 18.5 Å². The highest BCUT2D eigenvalue weighted by molar-refractivity contribution is 4.83. The summed E-state index contributed by atoms with van der Waals surface area (Å²) in [6, 6.07) is 1.55. The molecular weight excluding hydrogens is 196 g/mol. The van der Waals surface area contributed by atoms with Gasteiger partial charge >= 0.3 is 0 Å². The lowest BCUT2D eigenvalue weighted by atomic mass is 9.90. The number of likely N-dealkylation sites (N-methyl/N-ethyl adjacent to an activating group) is 1. The highest BCUT2D eigenvalue weighted by atomic mass is 15.2. The molecule has 1 N–H and O–H groups in total. The van der Waals surface area contributed by atoms with E-state index >= 15 is 0 Å². The van der Waals surface area contributed by atoms with Crippen molar-refractivity contribution in [1.29, 1.82) is 0 Å². The summed E-state index contributed by atoms with van der Waals surface area (Å²) in [6.07, 6.45) is 6.78. The van der Waals surface area contributed by atoms with E-state index in [4.69, 9.17) is 0 Å². The molecule has 0 saturated heterocycles. The van der Waals surface area contributed by atoms with Crippen LogP contribution in [0.5, 0.6) is 0 Å². The third-order valence-corrected chi connectivity index (χ3v) is 4.17. The zero-order valence-corrected chi connectivity index (χ0v) is 11.6. The third-order valence-electron chi connectivity index (χ3n) is 4.17. The van der Waals surface area contributed by atoms with Crippen LogP contribution in [-0.4, -0.2) is 37.1 Å². The third kappa shape index (κ3) is 4.06. The molecule has 0 aromatic rings. The summed E-state index contributed by atoms with van der Waals surface area (Å²) in [5, 5.41) is 3.71. The van der Waals surface area contributed by atoms with Crippen LogP contribution in [0.1, 0.15) is 52.9 Å². The molecule has 0 aliphatic heterocycles. The molecule has 0 spiro atoms. The predicted molar refractivity (Wildman–Crippen MR) is 71.8 cm³/mol. The molecule has 2 nitrogen and oxygen atoms in total. The van der Waals surface area contributed by atoms with Crippen LogP contribution in [0.4, 0.5) is 0 Å². The van der Waals surface area contributed by atoms with Gasteiger partial charge in [-0.3, -0.25) is 0 Å². The second-order valence-corrected chi connectivity index (χ2v) is 5.47. The molecule has 2 atom stereocenters. The number of hydrogen-bond acceptors (Lipinski definition) is 2. The molecule has 16 heavy (non-hydrogen) atoms. The Bertz CT molecular complexity index is 178. The molecule has 0 aromatic carbocycles. The van der Waals surface area contributed by atoms with Crippen LogP contribution in [0.3, 0.4) is 0 Å². The molecule has 1 aliphatic rings. The van der Waals surface area contributed by atoms with Gasteiger partial charge < -0.3 is 10.2 Å². The quantitative estimate of drug-likeness (QED) is 0.684. The normalized spacial score (nSPS) is 20.8. The minimum Gasteiger partial charge on any atom is -0.312 e. The minimum absolute atomic E-state index is 0.676. The van der Waals surface area contributed by atoms with Crippen molar-refractivity contribution in [2.75, 3.05) is 20.1 Å². The summed E-state index contributed by atoms with van der Waals surface area (Å²) in [5.41, 5.74) is 0. The zero-order chi connectivity index (χ0) is 12.0. The highest BCUT2D eigenvalue weighted by Crippen LogP contribution is 2.24. The summed E-state index contributed by atoms with van der Waals surface area (Å²) in [7, 11) is 2.30. The van der Waals surface area contributed by atoms with Gasteiger partial charge in [-0.1, -0.05) is 33.6 Å². The monoisotopic (exact) mass is 226 g/mol. The Morgan fingerprint density at radius 1 is 1.31 bits per heavy atom. The van der Waals surface area contributed by atoms with Crippen LogP contribution >= 0.6 is 0 Å². The second-order valence-electron chi connectivity index (χ2n) is 5.47. The van der Waals surface area contributed by atoms with Gasteiger partial charge in [0.2, 0.25) is 0 Å². The lowest BCUT2D eigenvalue weighted by molar-refractivity contribution is 0.132. The molecule has 0 heterocycles. The molecule has 0 amide bonds. The Balaban J connectivity index is 2.34. The van der Waals surface area contributed by atoms with Crippen LogP contribution in [0, 0.1) is 5.92 Å². The molecule has 1 rings (SSSR count). The Morgan fingerprint density at radius 3 is 2.44 bits per heavy atom. The summed E-state index contributed by atoms with van der Waals surface area (Å²) in [5.74, 6) is 0.786. The maximum Gasteiger partial charge on any atom is 0.0220 e. The Labute approximate surface area is 102 Å². The van der Waals surface area contributed by atoms with Crippen molar-refractivity contribution < 1.29 is 0 Å². The average molecular weight is 226 g/mol. The average Bonchev–Trinajstić information content (AvgIpc) is 2.20. The van der Waals surface area contributed by atoms with Crippen molar-refractivity contribution in [2.45, 2.75) is 65.0 Å². The summed E-state index contributed by atoms with van der Waals surface area (Å²) in [6.45, 7) is 9.31. The molecule has 2 heteroatoms. The second kappa shape index (κ2) is 7.29. The molecule has 1 saturated carbocycles. The first kappa shape index (κ1) is 14.0. The van der Waals surface area contributed by atoms with E-state index in [1.807, 2.05) is 0 Å². The van der Waals surface area contributed by atoms with E-state index in [9.17, 15) is 0 Å². The standard InChI is InChI=1S/C14H30N2/c1-5-10-15-14(12(3)6-2)11-16(4)13-8-7-9-13/h12-15H,5-11H2,1-4H3. The number of rotatable bonds is 8. The first-order valence-corrected chi connectivity index (χ1v) is 7.12. The summed E-state index contributed by atoms with van der Waals surface area (Å²) in [4.78, 5) is 2.57. The largest absolute Gasteiger partial charge is 0.312 e. The molecule has 0 bridgehead atoms. The minimum atomic E-state index is 0.676. The van der Waals surface area contributed by atoms with Crippen molar-refractivity contribution in [2.24, 2.45) is 5.92 Å². The number of hydrogen-bond donors (Lipinski definition) is 1. The van der Waals surface area contributed by atoms with E-state index in [1.165, 1.54) is 38.6 Å². The number of nitrogens with one attached hydrogen (secondary N) is 1. The Hall–Kier alpha value is -0.0800. The SMILES string of the molecule is CCCNC(CN(C)C1CCC1)C(C)CC. The molecule has 96 valence electrons. The van der Waals surface area contributed by atoms with Gasteiger partial charge in [0.25, 0.3) is 0 Å². The zero-order valence-electron chi connectivity index (χ0n) is 11.6.